The number of carboxylic acid groups (broad SMARTS) is 1. The highest BCUT2D eigenvalue weighted by molar-refractivity contribution is 5.73. The molecule has 0 saturated heterocycles. The molecular formula is C15H15N3O2. The van der Waals surface area contributed by atoms with Gasteiger partial charge in [-0.2, -0.15) is 10.2 Å². The lowest BCUT2D eigenvalue weighted by atomic mass is 10.1. The van der Waals surface area contributed by atoms with Gasteiger partial charge in [-0.3, -0.25) is 4.79 Å². The van der Waals surface area contributed by atoms with E-state index in [0.717, 1.165) is 11.3 Å². The van der Waals surface area contributed by atoms with Crippen LogP contribution < -0.4 is 5.73 Å². The van der Waals surface area contributed by atoms with Gasteiger partial charge in [-0.25, -0.2) is 0 Å². The number of aliphatic carboxylic acids is 1. The van der Waals surface area contributed by atoms with Crippen molar-refractivity contribution in [1.82, 2.24) is 0 Å². The third-order valence-corrected chi connectivity index (χ3v) is 2.75. The molecule has 0 aromatic heterocycles. The summed E-state index contributed by atoms with van der Waals surface area (Å²) >= 11 is 0. The van der Waals surface area contributed by atoms with Crippen molar-refractivity contribution >= 4 is 17.3 Å². The van der Waals surface area contributed by atoms with E-state index in [1.54, 1.807) is 12.1 Å². The monoisotopic (exact) mass is 269 g/mol. The molecule has 0 saturated carbocycles. The summed E-state index contributed by atoms with van der Waals surface area (Å²) in [5.41, 5.74) is 7.83. The highest BCUT2D eigenvalue weighted by Crippen LogP contribution is 2.18. The maximum absolute atomic E-state index is 10.7. The Morgan fingerprint density at radius 3 is 2.10 bits per heavy atom. The summed E-state index contributed by atoms with van der Waals surface area (Å²) in [6.07, 6.45) is 0.297. The van der Waals surface area contributed by atoms with Crippen molar-refractivity contribution in [3.63, 3.8) is 0 Å². The number of rotatable bonds is 5. The Morgan fingerprint density at radius 1 is 1.00 bits per heavy atom. The minimum Gasteiger partial charge on any atom is -0.480 e. The van der Waals surface area contributed by atoms with Crippen LogP contribution in [0.2, 0.25) is 0 Å². The van der Waals surface area contributed by atoms with Gasteiger partial charge in [0.25, 0.3) is 0 Å². The number of azo groups is 1. The normalized spacial score (nSPS) is 12.4. The zero-order valence-electron chi connectivity index (χ0n) is 10.8. The highest BCUT2D eigenvalue weighted by atomic mass is 16.4. The molecule has 3 N–H and O–H groups in total. The summed E-state index contributed by atoms with van der Waals surface area (Å²) < 4.78 is 0. The third kappa shape index (κ3) is 4.00. The minimum atomic E-state index is -1.00. The molecule has 0 aliphatic carbocycles. The molecule has 2 aromatic rings. The van der Waals surface area contributed by atoms with Gasteiger partial charge in [-0.1, -0.05) is 30.3 Å². The second-order valence-corrected chi connectivity index (χ2v) is 4.35. The van der Waals surface area contributed by atoms with Crippen molar-refractivity contribution in [3.05, 3.63) is 60.2 Å². The molecule has 0 heterocycles. The molecule has 0 radical (unpaired) electrons. The Labute approximate surface area is 116 Å². The van der Waals surface area contributed by atoms with Gasteiger partial charge in [-0.05, 0) is 36.2 Å². The maximum Gasteiger partial charge on any atom is 0.320 e. The number of nitrogens with two attached hydrogens (primary N) is 1. The van der Waals surface area contributed by atoms with Crippen molar-refractivity contribution in [2.24, 2.45) is 16.0 Å². The van der Waals surface area contributed by atoms with Crippen LogP contribution >= 0.6 is 0 Å². The SMILES string of the molecule is N[C@H](Cc1ccc(N=Nc2ccccc2)cc1)C(=O)O. The van der Waals surface area contributed by atoms with Crippen molar-refractivity contribution in [2.75, 3.05) is 0 Å². The molecule has 0 aliphatic rings. The number of benzene rings is 2. The molecule has 5 nitrogen and oxygen atoms in total. The van der Waals surface area contributed by atoms with Crippen LogP contribution in [0.1, 0.15) is 5.56 Å². The van der Waals surface area contributed by atoms with E-state index < -0.39 is 12.0 Å². The lowest BCUT2D eigenvalue weighted by Gasteiger charge is -2.05. The smallest absolute Gasteiger partial charge is 0.320 e. The third-order valence-electron chi connectivity index (χ3n) is 2.75. The fraction of sp³-hybridized carbons (Fsp3) is 0.133. The van der Waals surface area contributed by atoms with E-state index in [1.165, 1.54) is 0 Å². The van der Waals surface area contributed by atoms with Crippen molar-refractivity contribution < 1.29 is 9.90 Å². The first kappa shape index (κ1) is 13.9. The van der Waals surface area contributed by atoms with Crippen LogP contribution in [0.15, 0.2) is 64.8 Å². The van der Waals surface area contributed by atoms with E-state index in [4.69, 9.17) is 10.8 Å². The number of nitrogens with zero attached hydrogens (tertiary/aromatic N) is 2. The topological polar surface area (TPSA) is 88.0 Å². The molecule has 0 aliphatic heterocycles. The standard InChI is InChI=1S/C15H15N3O2/c16-14(15(19)20)10-11-6-8-13(9-7-11)18-17-12-4-2-1-3-5-12/h1-9,14H,10,16H2,(H,19,20)/t14-/m1/s1. The lowest BCUT2D eigenvalue weighted by Crippen LogP contribution is -2.32. The Morgan fingerprint density at radius 2 is 1.55 bits per heavy atom. The first-order chi connectivity index (χ1) is 9.65. The van der Waals surface area contributed by atoms with E-state index in [9.17, 15) is 4.79 Å². The van der Waals surface area contributed by atoms with Crippen molar-refractivity contribution in [1.29, 1.82) is 0 Å². The summed E-state index contributed by atoms with van der Waals surface area (Å²) in [5.74, 6) is -1.00. The van der Waals surface area contributed by atoms with E-state index in [0.29, 0.717) is 12.1 Å². The number of carboxylic acids is 1. The molecule has 0 unspecified atom stereocenters. The van der Waals surface area contributed by atoms with Crippen LogP contribution in [0.25, 0.3) is 0 Å². The number of hydrogen-bond donors (Lipinski definition) is 2. The maximum atomic E-state index is 10.7. The average molecular weight is 269 g/mol. The van der Waals surface area contributed by atoms with Gasteiger partial charge in [-0.15, -0.1) is 0 Å². The summed E-state index contributed by atoms with van der Waals surface area (Å²) in [6, 6.07) is 15.7. The van der Waals surface area contributed by atoms with Crippen molar-refractivity contribution in [3.8, 4) is 0 Å². The average Bonchev–Trinajstić information content (AvgIpc) is 2.47. The summed E-state index contributed by atoms with van der Waals surface area (Å²) in [5, 5.41) is 17.0. The second kappa shape index (κ2) is 6.58. The Balaban J connectivity index is 2.02. The van der Waals surface area contributed by atoms with Crippen molar-refractivity contribution in [2.45, 2.75) is 12.5 Å². The van der Waals surface area contributed by atoms with E-state index in [2.05, 4.69) is 10.2 Å². The molecule has 2 rings (SSSR count). The molecular weight excluding hydrogens is 254 g/mol. The van der Waals surface area contributed by atoms with Crippen LogP contribution in [0.5, 0.6) is 0 Å². The Bertz CT molecular complexity index is 594. The lowest BCUT2D eigenvalue weighted by molar-refractivity contribution is -0.138. The van der Waals surface area contributed by atoms with Crippen LogP contribution in [-0.2, 0) is 11.2 Å². The predicted octanol–water partition coefficient (Wildman–Crippen LogP) is 3.06. The molecule has 2 aromatic carbocycles. The molecule has 0 fully saturated rings. The van der Waals surface area contributed by atoms with Gasteiger partial charge in [0, 0.05) is 0 Å². The fourth-order valence-corrected chi connectivity index (χ4v) is 1.65. The van der Waals surface area contributed by atoms with E-state index in [-0.39, 0.29) is 0 Å². The second-order valence-electron chi connectivity index (χ2n) is 4.35. The molecule has 1 atom stereocenters. The zero-order valence-corrected chi connectivity index (χ0v) is 10.8. The summed E-state index contributed by atoms with van der Waals surface area (Å²) in [7, 11) is 0. The number of hydrogen-bond acceptors (Lipinski definition) is 4. The van der Waals surface area contributed by atoms with E-state index in [1.807, 2.05) is 42.5 Å². The van der Waals surface area contributed by atoms with Gasteiger partial charge >= 0.3 is 5.97 Å². The quantitative estimate of drug-likeness (QED) is 0.817. The largest absolute Gasteiger partial charge is 0.480 e. The van der Waals surface area contributed by atoms with Gasteiger partial charge in [0.05, 0.1) is 11.4 Å². The van der Waals surface area contributed by atoms with Gasteiger partial charge in [0.2, 0.25) is 0 Å². The van der Waals surface area contributed by atoms with Crippen LogP contribution in [-0.4, -0.2) is 17.1 Å². The van der Waals surface area contributed by atoms with Crippen LogP contribution in [0, 0.1) is 0 Å². The first-order valence-electron chi connectivity index (χ1n) is 6.19. The molecule has 0 spiro atoms. The Hall–Kier alpha value is -2.53. The molecule has 102 valence electrons. The van der Waals surface area contributed by atoms with Gasteiger partial charge < -0.3 is 10.8 Å². The highest BCUT2D eigenvalue weighted by Gasteiger charge is 2.11. The van der Waals surface area contributed by atoms with Crippen LogP contribution in [0.3, 0.4) is 0 Å². The molecule has 0 amide bonds. The fourth-order valence-electron chi connectivity index (χ4n) is 1.65. The van der Waals surface area contributed by atoms with Crippen LogP contribution in [0.4, 0.5) is 11.4 Å². The summed E-state index contributed by atoms with van der Waals surface area (Å²) in [4.78, 5) is 10.7. The number of carbonyl (C=O) groups is 1. The van der Waals surface area contributed by atoms with Gasteiger partial charge in [0.15, 0.2) is 0 Å². The predicted molar refractivity (Wildman–Crippen MR) is 76.4 cm³/mol. The summed E-state index contributed by atoms with van der Waals surface area (Å²) in [6.45, 7) is 0. The Kier molecular flexibility index (Phi) is 4.57. The first-order valence-corrected chi connectivity index (χ1v) is 6.19. The van der Waals surface area contributed by atoms with Gasteiger partial charge in [0.1, 0.15) is 6.04 Å². The molecule has 0 bridgehead atoms. The molecule has 5 heteroatoms. The van der Waals surface area contributed by atoms with E-state index >= 15 is 0 Å². The molecule has 20 heavy (non-hydrogen) atoms. The zero-order chi connectivity index (χ0) is 14.4. The minimum absolute atomic E-state index is 0.297.